The van der Waals surface area contributed by atoms with Crippen LogP contribution in [0, 0.1) is 11.6 Å². The lowest BCUT2D eigenvalue weighted by Gasteiger charge is -2.37. The maximum Gasteiger partial charge on any atom is 0.255 e. The van der Waals surface area contributed by atoms with Crippen LogP contribution in [-0.2, 0) is 13.0 Å². The summed E-state index contributed by atoms with van der Waals surface area (Å²) in [5.41, 5.74) is 2.85. The molecule has 1 unspecified atom stereocenters. The number of carbonyl (C=O) groups excluding carboxylic acids is 1. The van der Waals surface area contributed by atoms with Gasteiger partial charge in [-0.15, -0.1) is 0 Å². The first kappa shape index (κ1) is 20.2. The first-order valence-electron chi connectivity index (χ1n) is 10.5. The Morgan fingerprint density at radius 2 is 1.66 bits per heavy atom. The maximum atomic E-state index is 14.1. The van der Waals surface area contributed by atoms with Crippen molar-refractivity contribution in [2.75, 3.05) is 6.61 Å². The number of benzene rings is 4. The second-order valence-electron chi connectivity index (χ2n) is 7.97. The van der Waals surface area contributed by atoms with E-state index in [9.17, 15) is 13.6 Å². The van der Waals surface area contributed by atoms with Crippen LogP contribution in [0.1, 0.15) is 21.5 Å². The van der Waals surface area contributed by atoms with Gasteiger partial charge in [-0.05, 0) is 46.5 Å². The smallest absolute Gasteiger partial charge is 0.255 e. The lowest BCUT2D eigenvalue weighted by Crippen LogP contribution is -2.47. The molecule has 1 amide bonds. The average Bonchev–Trinajstić information content (AvgIpc) is 2.82. The second-order valence-corrected chi connectivity index (χ2v) is 7.97. The Morgan fingerprint density at radius 1 is 0.906 bits per heavy atom. The van der Waals surface area contributed by atoms with E-state index in [-0.39, 0.29) is 24.3 Å². The van der Waals surface area contributed by atoms with Gasteiger partial charge in [-0.1, -0.05) is 60.7 Å². The SMILES string of the molecule is O=C(c1cccc2ccccc12)N1Cc2ccccc2CC1COc1ccc(F)cc1F. The molecular formula is C27H21F2NO2. The molecule has 32 heavy (non-hydrogen) atoms. The number of halogens is 2. The summed E-state index contributed by atoms with van der Waals surface area (Å²) in [6.45, 7) is 0.547. The highest BCUT2D eigenvalue weighted by Gasteiger charge is 2.31. The zero-order valence-electron chi connectivity index (χ0n) is 17.3. The largest absolute Gasteiger partial charge is 0.488 e. The Labute approximate surface area is 184 Å². The minimum atomic E-state index is -0.756. The zero-order chi connectivity index (χ0) is 22.1. The molecule has 1 atom stereocenters. The molecule has 3 nitrogen and oxygen atoms in total. The molecule has 0 N–H and O–H groups in total. The van der Waals surface area contributed by atoms with Gasteiger partial charge in [-0.3, -0.25) is 4.79 Å². The van der Waals surface area contributed by atoms with Gasteiger partial charge in [0.2, 0.25) is 0 Å². The average molecular weight is 429 g/mol. The van der Waals surface area contributed by atoms with Crippen molar-refractivity contribution in [1.82, 2.24) is 4.90 Å². The van der Waals surface area contributed by atoms with Crippen molar-refractivity contribution in [2.24, 2.45) is 0 Å². The number of carbonyl (C=O) groups is 1. The molecule has 1 aliphatic heterocycles. The molecule has 4 aromatic carbocycles. The number of ether oxygens (including phenoxy) is 1. The molecule has 0 spiro atoms. The van der Waals surface area contributed by atoms with E-state index in [4.69, 9.17) is 4.74 Å². The number of nitrogens with zero attached hydrogens (tertiary/aromatic N) is 1. The van der Waals surface area contributed by atoms with Crippen molar-refractivity contribution in [3.63, 3.8) is 0 Å². The monoisotopic (exact) mass is 429 g/mol. The van der Waals surface area contributed by atoms with Crippen molar-refractivity contribution < 1.29 is 18.3 Å². The lowest BCUT2D eigenvalue weighted by atomic mass is 9.93. The van der Waals surface area contributed by atoms with Crippen LogP contribution in [0.4, 0.5) is 8.78 Å². The normalized spacial score (nSPS) is 15.4. The van der Waals surface area contributed by atoms with Gasteiger partial charge in [0, 0.05) is 18.2 Å². The van der Waals surface area contributed by atoms with Gasteiger partial charge < -0.3 is 9.64 Å². The molecule has 0 radical (unpaired) electrons. The first-order valence-corrected chi connectivity index (χ1v) is 10.5. The standard InChI is InChI=1S/C27H21F2NO2/c28-21-12-13-26(25(29)15-21)32-17-22-14-19-7-1-2-8-20(19)16-30(22)27(31)24-11-5-9-18-6-3-4-10-23(18)24/h1-13,15,22H,14,16-17H2. The number of amides is 1. The minimum Gasteiger partial charge on any atom is -0.488 e. The van der Waals surface area contributed by atoms with Gasteiger partial charge in [0.1, 0.15) is 12.4 Å². The summed E-state index contributed by atoms with van der Waals surface area (Å²) >= 11 is 0. The van der Waals surface area contributed by atoms with E-state index in [1.165, 1.54) is 6.07 Å². The molecule has 0 fully saturated rings. The molecule has 5 heteroatoms. The van der Waals surface area contributed by atoms with Crippen LogP contribution in [0.5, 0.6) is 5.75 Å². The molecule has 5 rings (SSSR count). The van der Waals surface area contributed by atoms with Crippen LogP contribution in [0.2, 0.25) is 0 Å². The Kier molecular flexibility index (Phi) is 5.31. The third-order valence-electron chi connectivity index (χ3n) is 5.96. The predicted molar refractivity (Wildman–Crippen MR) is 120 cm³/mol. The second kappa shape index (κ2) is 8.42. The summed E-state index contributed by atoms with van der Waals surface area (Å²) in [7, 11) is 0. The van der Waals surface area contributed by atoms with Gasteiger partial charge in [-0.2, -0.15) is 0 Å². The highest BCUT2D eigenvalue weighted by Crippen LogP contribution is 2.28. The van der Waals surface area contributed by atoms with Crippen LogP contribution >= 0.6 is 0 Å². The van der Waals surface area contributed by atoms with Crippen molar-refractivity contribution in [3.05, 3.63) is 113 Å². The van der Waals surface area contributed by atoms with Gasteiger partial charge in [0.15, 0.2) is 11.6 Å². The number of hydrogen-bond donors (Lipinski definition) is 0. The molecule has 1 aliphatic rings. The molecule has 160 valence electrons. The van der Waals surface area contributed by atoms with Gasteiger partial charge in [-0.25, -0.2) is 8.78 Å². The van der Waals surface area contributed by atoms with Crippen molar-refractivity contribution >= 4 is 16.7 Å². The Morgan fingerprint density at radius 3 is 2.50 bits per heavy atom. The number of rotatable bonds is 4. The summed E-state index contributed by atoms with van der Waals surface area (Å²) in [4.78, 5) is 15.5. The molecule has 0 aromatic heterocycles. The summed E-state index contributed by atoms with van der Waals surface area (Å²) in [6, 6.07) is 24.4. The third-order valence-corrected chi connectivity index (χ3v) is 5.96. The van der Waals surface area contributed by atoms with Gasteiger partial charge >= 0.3 is 0 Å². The Balaban J connectivity index is 1.48. The first-order chi connectivity index (χ1) is 15.6. The molecule has 0 saturated carbocycles. The quantitative estimate of drug-likeness (QED) is 0.413. The van der Waals surface area contributed by atoms with Crippen LogP contribution in [0.15, 0.2) is 84.9 Å². The predicted octanol–water partition coefficient (Wildman–Crippen LogP) is 5.76. The molecule has 0 saturated heterocycles. The highest BCUT2D eigenvalue weighted by molar-refractivity contribution is 6.07. The van der Waals surface area contributed by atoms with E-state index < -0.39 is 11.6 Å². The fraction of sp³-hybridized carbons (Fsp3) is 0.148. The van der Waals surface area contributed by atoms with Crippen LogP contribution in [0.25, 0.3) is 10.8 Å². The summed E-state index contributed by atoms with van der Waals surface area (Å²) in [5, 5.41) is 1.89. The zero-order valence-corrected chi connectivity index (χ0v) is 17.3. The van der Waals surface area contributed by atoms with E-state index in [0.717, 1.165) is 34.0 Å². The molecule has 0 aliphatic carbocycles. The maximum absolute atomic E-state index is 14.1. The number of hydrogen-bond acceptors (Lipinski definition) is 2. The Hall–Kier alpha value is -3.73. The third kappa shape index (κ3) is 3.82. The molecule has 0 bridgehead atoms. The summed E-state index contributed by atoms with van der Waals surface area (Å²) in [6.07, 6.45) is 0.593. The van der Waals surface area contributed by atoms with E-state index in [2.05, 4.69) is 0 Å². The molecule has 4 aromatic rings. The van der Waals surface area contributed by atoms with Crippen LogP contribution in [0.3, 0.4) is 0 Å². The van der Waals surface area contributed by atoms with Crippen LogP contribution < -0.4 is 4.74 Å². The fourth-order valence-corrected chi connectivity index (χ4v) is 4.32. The molecular weight excluding hydrogens is 408 g/mol. The van der Waals surface area contributed by atoms with Crippen molar-refractivity contribution in [2.45, 2.75) is 19.0 Å². The van der Waals surface area contributed by atoms with E-state index >= 15 is 0 Å². The van der Waals surface area contributed by atoms with Crippen molar-refractivity contribution in [3.8, 4) is 5.75 Å². The highest BCUT2D eigenvalue weighted by atomic mass is 19.1. The van der Waals surface area contributed by atoms with E-state index in [1.54, 1.807) is 4.90 Å². The van der Waals surface area contributed by atoms with Crippen molar-refractivity contribution in [1.29, 1.82) is 0 Å². The lowest BCUT2D eigenvalue weighted by molar-refractivity contribution is 0.0565. The topological polar surface area (TPSA) is 29.5 Å². The molecule has 1 heterocycles. The minimum absolute atomic E-state index is 0.0252. The van der Waals surface area contributed by atoms with E-state index in [0.29, 0.717) is 18.5 Å². The summed E-state index contributed by atoms with van der Waals surface area (Å²) in [5.74, 6) is -1.53. The number of fused-ring (bicyclic) bond motifs is 2. The van der Waals surface area contributed by atoms with Gasteiger partial charge in [0.25, 0.3) is 5.91 Å². The Bertz CT molecular complexity index is 1300. The van der Waals surface area contributed by atoms with Gasteiger partial charge in [0.05, 0.1) is 6.04 Å². The fourth-order valence-electron chi connectivity index (χ4n) is 4.32. The van der Waals surface area contributed by atoms with E-state index in [1.807, 2.05) is 66.7 Å². The summed E-state index contributed by atoms with van der Waals surface area (Å²) < 4.78 is 33.1. The van der Waals surface area contributed by atoms with Crippen LogP contribution in [-0.4, -0.2) is 23.5 Å².